The van der Waals surface area contributed by atoms with Gasteiger partial charge in [-0.2, -0.15) is 5.26 Å². The van der Waals surface area contributed by atoms with Crippen molar-refractivity contribution in [3.05, 3.63) is 33.3 Å². The molecule has 0 radical (unpaired) electrons. The summed E-state index contributed by atoms with van der Waals surface area (Å²) in [5, 5.41) is 26.3. The molecule has 14 heavy (non-hydrogen) atoms. The zero-order valence-electron chi connectivity index (χ0n) is 6.99. The third kappa shape index (κ3) is 1.92. The number of aromatic carboxylic acids is 1. The van der Waals surface area contributed by atoms with E-state index in [1.807, 2.05) is 6.07 Å². The molecule has 0 aliphatic heterocycles. The molecule has 2 N–H and O–H groups in total. The van der Waals surface area contributed by atoms with Crippen molar-refractivity contribution in [1.29, 1.82) is 5.26 Å². The van der Waals surface area contributed by atoms with Crippen LogP contribution >= 0.6 is 15.9 Å². The number of carbonyl (C=O) groups is 1. The Bertz CT molecular complexity index is 423. The van der Waals surface area contributed by atoms with E-state index >= 15 is 0 Å². The molecule has 0 bridgehead atoms. The molecule has 0 saturated carbocycles. The average Bonchev–Trinajstić information content (AvgIpc) is 2.17. The van der Waals surface area contributed by atoms with Gasteiger partial charge in [0.05, 0.1) is 17.7 Å². The lowest BCUT2D eigenvalue weighted by molar-refractivity contribution is 0.0696. The minimum absolute atomic E-state index is 0.00574. The molecule has 0 atom stereocenters. The lowest BCUT2D eigenvalue weighted by atomic mass is 10.1. The number of halogens is 1. The molecule has 72 valence electrons. The van der Waals surface area contributed by atoms with Crippen molar-refractivity contribution < 1.29 is 15.0 Å². The zero-order chi connectivity index (χ0) is 10.7. The van der Waals surface area contributed by atoms with Gasteiger partial charge in [0.15, 0.2) is 0 Å². The first kappa shape index (κ1) is 10.7. The normalized spacial score (nSPS) is 9.50. The maximum atomic E-state index is 10.6. The van der Waals surface area contributed by atoms with Gasteiger partial charge in [-0.1, -0.05) is 0 Å². The van der Waals surface area contributed by atoms with Crippen LogP contribution < -0.4 is 0 Å². The average molecular weight is 256 g/mol. The maximum absolute atomic E-state index is 10.6. The molecule has 0 heterocycles. The third-order valence-electron chi connectivity index (χ3n) is 1.69. The fraction of sp³-hybridized carbons (Fsp3) is 0.111. The van der Waals surface area contributed by atoms with Crippen molar-refractivity contribution in [2.75, 3.05) is 0 Å². The summed E-state index contributed by atoms with van der Waals surface area (Å²) in [6, 6.07) is 4.43. The van der Waals surface area contributed by atoms with Gasteiger partial charge in [-0.25, -0.2) is 4.79 Å². The Kier molecular flexibility index (Phi) is 3.23. The fourth-order valence-corrected chi connectivity index (χ4v) is 1.45. The molecule has 5 heteroatoms. The monoisotopic (exact) mass is 255 g/mol. The van der Waals surface area contributed by atoms with Gasteiger partial charge in [0, 0.05) is 4.47 Å². The van der Waals surface area contributed by atoms with Crippen LogP contribution in [0.5, 0.6) is 0 Å². The number of benzene rings is 1. The van der Waals surface area contributed by atoms with E-state index < -0.39 is 5.97 Å². The van der Waals surface area contributed by atoms with E-state index in [1.165, 1.54) is 12.1 Å². The smallest absolute Gasteiger partial charge is 0.335 e. The van der Waals surface area contributed by atoms with Gasteiger partial charge in [-0.15, -0.1) is 0 Å². The molecule has 0 amide bonds. The summed E-state index contributed by atoms with van der Waals surface area (Å²) in [6.45, 7) is -0.309. The highest BCUT2D eigenvalue weighted by molar-refractivity contribution is 9.10. The molecule has 0 aliphatic rings. The first-order chi connectivity index (χ1) is 6.60. The molecule has 4 nitrogen and oxygen atoms in total. The molecule has 0 fully saturated rings. The Morgan fingerprint density at radius 3 is 2.64 bits per heavy atom. The van der Waals surface area contributed by atoms with Crippen molar-refractivity contribution in [3.8, 4) is 6.07 Å². The highest BCUT2D eigenvalue weighted by Crippen LogP contribution is 2.23. The number of aliphatic hydroxyl groups is 1. The lowest BCUT2D eigenvalue weighted by Crippen LogP contribution is -2.00. The van der Waals surface area contributed by atoms with Crippen LogP contribution in [0.3, 0.4) is 0 Å². The fourth-order valence-electron chi connectivity index (χ4n) is 1.00. The molecule has 1 aromatic rings. The lowest BCUT2D eigenvalue weighted by Gasteiger charge is -2.04. The second-order valence-electron chi connectivity index (χ2n) is 2.57. The predicted octanol–water partition coefficient (Wildman–Crippen LogP) is 1.51. The number of rotatable bonds is 2. The van der Waals surface area contributed by atoms with E-state index in [4.69, 9.17) is 15.5 Å². The summed E-state index contributed by atoms with van der Waals surface area (Å²) >= 11 is 3.11. The van der Waals surface area contributed by atoms with E-state index in [-0.39, 0.29) is 17.7 Å². The number of hydrogen-bond donors (Lipinski definition) is 2. The van der Waals surface area contributed by atoms with Crippen LogP contribution in [-0.4, -0.2) is 16.2 Å². The zero-order valence-corrected chi connectivity index (χ0v) is 8.58. The van der Waals surface area contributed by atoms with Gasteiger partial charge >= 0.3 is 5.97 Å². The van der Waals surface area contributed by atoms with Gasteiger partial charge in [0.2, 0.25) is 0 Å². The summed E-state index contributed by atoms with van der Waals surface area (Å²) in [6.07, 6.45) is 0. The Hall–Kier alpha value is -1.38. The minimum Gasteiger partial charge on any atom is -0.478 e. The van der Waals surface area contributed by atoms with Crippen molar-refractivity contribution in [2.45, 2.75) is 6.61 Å². The Labute approximate surface area is 88.5 Å². The topological polar surface area (TPSA) is 81.3 Å². The van der Waals surface area contributed by atoms with E-state index in [0.717, 1.165) is 0 Å². The highest BCUT2D eigenvalue weighted by atomic mass is 79.9. The number of carboxylic acids is 1. The van der Waals surface area contributed by atoms with Gasteiger partial charge in [0.25, 0.3) is 0 Å². The minimum atomic E-state index is -1.12. The van der Waals surface area contributed by atoms with Crippen molar-refractivity contribution in [3.63, 3.8) is 0 Å². The number of carboxylic acid groups (broad SMARTS) is 1. The standard InChI is InChI=1S/C9H6BrNO3/c10-8-6(3-11)1-5(9(13)14)2-7(8)4-12/h1-2,12H,4H2,(H,13,14). The summed E-state index contributed by atoms with van der Waals surface area (Å²) in [5.74, 6) is -1.12. The molecule has 0 saturated heterocycles. The molecule has 0 aliphatic carbocycles. The van der Waals surface area contributed by atoms with Crippen LogP contribution in [0.4, 0.5) is 0 Å². The molecule has 0 aromatic heterocycles. The quantitative estimate of drug-likeness (QED) is 0.840. The number of aliphatic hydroxyl groups excluding tert-OH is 1. The Morgan fingerprint density at radius 1 is 1.57 bits per heavy atom. The summed E-state index contributed by atoms with van der Waals surface area (Å²) in [5.41, 5.74) is 0.587. The SMILES string of the molecule is N#Cc1cc(C(=O)O)cc(CO)c1Br. The van der Waals surface area contributed by atoms with Crippen LogP contribution in [0, 0.1) is 11.3 Å². The van der Waals surface area contributed by atoms with Crippen molar-refractivity contribution >= 4 is 21.9 Å². The molecule has 1 rings (SSSR count). The van der Waals surface area contributed by atoms with Crippen LogP contribution in [0.2, 0.25) is 0 Å². The Balaban J connectivity index is 3.41. The molecule has 1 aromatic carbocycles. The first-order valence-corrected chi connectivity index (χ1v) is 4.46. The molecule has 0 unspecified atom stereocenters. The maximum Gasteiger partial charge on any atom is 0.335 e. The highest BCUT2D eigenvalue weighted by Gasteiger charge is 2.11. The van der Waals surface area contributed by atoms with Crippen molar-refractivity contribution in [1.82, 2.24) is 0 Å². The first-order valence-electron chi connectivity index (χ1n) is 3.66. The van der Waals surface area contributed by atoms with Crippen LogP contribution in [-0.2, 0) is 6.61 Å². The number of nitrogens with zero attached hydrogens (tertiary/aromatic N) is 1. The predicted molar refractivity (Wildman–Crippen MR) is 51.7 cm³/mol. The number of nitriles is 1. The van der Waals surface area contributed by atoms with Crippen LogP contribution in [0.1, 0.15) is 21.5 Å². The summed E-state index contributed by atoms with van der Waals surface area (Å²) in [7, 11) is 0. The third-order valence-corrected chi connectivity index (χ3v) is 2.62. The van der Waals surface area contributed by atoms with Gasteiger partial charge < -0.3 is 10.2 Å². The second-order valence-corrected chi connectivity index (χ2v) is 3.36. The summed E-state index contributed by atoms with van der Waals surface area (Å²) < 4.78 is 0.438. The number of hydrogen-bond acceptors (Lipinski definition) is 3. The van der Waals surface area contributed by atoms with E-state index in [2.05, 4.69) is 15.9 Å². The van der Waals surface area contributed by atoms with Crippen molar-refractivity contribution in [2.24, 2.45) is 0 Å². The van der Waals surface area contributed by atoms with E-state index in [1.54, 1.807) is 0 Å². The Morgan fingerprint density at radius 2 is 2.21 bits per heavy atom. The summed E-state index contributed by atoms with van der Waals surface area (Å²) in [4.78, 5) is 10.6. The van der Waals surface area contributed by atoms with Gasteiger partial charge in [-0.05, 0) is 33.6 Å². The second kappa shape index (κ2) is 4.22. The van der Waals surface area contributed by atoms with Crippen LogP contribution in [0.15, 0.2) is 16.6 Å². The molecule has 0 spiro atoms. The van der Waals surface area contributed by atoms with Gasteiger partial charge in [-0.3, -0.25) is 0 Å². The van der Waals surface area contributed by atoms with Crippen LogP contribution in [0.25, 0.3) is 0 Å². The molecular formula is C9H6BrNO3. The van der Waals surface area contributed by atoms with Gasteiger partial charge in [0.1, 0.15) is 6.07 Å². The van der Waals surface area contributed by atoms with E-state index in [9.17, 15) is 4.79 Å². The molecular weight excluding hydrogens is 250 g/mol. The van der Waals surface area contributed by atoms with E-state index in [0.29, 0.717) is 10.0 Å². The largest absolute Gasteiger partial charge is 0.478 e.